The Kier molecular flexibility index (Phi) is 5.19. The zero-order chi connectivity index (χ0) is 17.2. The molecule has 7 heteroatoms. The van der Waals surface area contributed by atoms with Crippen LogP contribution in [0.25, 0.3) is 0 Å². The number of alkyl halides is 3. The van der Waals surface area contributed by atoms with E-state index >= 15 is 0 Å². The van der Waals surface area contributed by atoms with Crippen LogP contribution in [0.3, 0.4) is 0 Å². The minimum absolute atomic E-state index is 0.00216. The van der Waals surface area contributed by atoms with Crippen LogP contribution in [0.15, 0.2) is 24.3 Å². The third kappa shape index (κ3) is 4.16. The summed E-state index contributed by atoms with van der Waals surface area (Å²) in [6.45, 7) is 1.97. The van der Waals surface area contributed by atoms with Gasteiger partial charge in [0.25, 0.3) is 0 Å². The van der Waals surface area contributed by atoms with Crippen LogP contribution >= 0.6 is 0 Å². The first-order chi connectivity index (χ1) is 10.7. The Hall–Kier alpha value is -1.76. The first-order valence-corrected chi connectivity index (χ1v) is 7.38. The van der Waals surface area contributed by atoms with Crippen LogP contribution in [0.1, 0.15) is 18.4 Å². The molecule has 0 spiro atoms. The van der Waals surface area contributed by atoms with Gasteiger partial charge < -0.3 is 14.7 Å². The Morgan fingerprint density at radius 3 is 2.39 bits per heavy atom. The zero-order valence-corrected chi connectivity index (χ0v) is 13.0. The summed E-state index contributed by atoms with van der Waals surface area (Å²) in [4.78, 5) is 12.7. The van der Waals surface area contributed by atoms with Crippen LogP contribution in [-0.2, 0) is 4.79 Å². The summed E-state index contributed by atoms with van der Waals surface area (Å²) in [5, 5.41) is 9.03. The van der Waals surface area contributed by atoms with Gasteiger partial charge in [0.05, 0.1) is 18.9 Å². The predicted molar refractivity (Wildman–Crippen MR) is 78.5 cm³/mol. The lowest BCUT2D eigenvalue weighted by atomic mass is 9.96. The van der Waals surface area contributed by atoms with E-state index in [1.54, 1.807) is 24.1 Å². The van der Waals surface area contributed by atoms with E-state index in [-0.39, 0.29) is 19.0 Å². The lowest BCUT2D eigenvalue weighted by Crippen LogP contribution is -2.33. The number of ether oxygens (including phenoxy) is 1. The quantitative estimate of drug-likeness (QED) is 0.901. The van der Waals surface area contributed by atoms with Crippen molar-refractivity contribution in [2.75, 3.05) is 26.7 Å². The number of carbonyl (C=O) groups is 1. The highest BCUT2D eigenvalue weighted by Gasteiger charge is 2.52. The first-order valence-electron chi connectivity index (χ1n) is 7.38. The number of benzene rings is 1. The Morgan fingerprint density at radius 2 is 1.96 bits per heavy atom. The SMILES string of the molecule is COc1ccc(C(C)CN2C[C@@H](C(F)(F)F)[C@H](C(=O)O)C2)cc1. The third-order valence-corrected chi connectivity index (χ3v) is 4.35. The number of likely N-dealkylation sites (tertiary alicyclic amines) is 1. The second kappa shape index (κ2) is 6.78. The lowest BCUT2D eigenvalue weighted by molar-refractivity contribution is -0.188. The molecule has 1 heterocycles. The molecule has 3 atom stereocenters. The summed E-state index contributed by atoms with van der Waals surface area (Å²) in [7, 11) is 1.56. The summed E-state index contributed by atoms with van der Waals surface area (Å²) in [6, 6.07) is 7.34. The number of rotatable bonds is 5. The van der Waals surface area contributed by atoms with E-state index in [2.05, 4.69) is 0 Å². The van der Waals surface area contributed by atoms with Crippen molar-refractivity contribution < 1.29 is 27.8 Å². The van der Waals surface area contributed by atoms with Crippen molar-refractivity contribution in [1.82, 2.24) is 4.90 Å². The zero-order valence-electron chi connectivity index (χ0n) is 13.0. The van der Waals surface area contributed by atoms with E-state index in [1.807, 2.05) is 19.1 Å². The molecule has 4 nitrogen and oxygen atoms in total. The van der Waals surface area contributed by atoms with Gasteiger partial charge in [0, 0.05) is 19.6 Å². The van der Waals surface area contributed by atoms with E-state index < -0.39 is 24.0 Å². The topological polar surface area (TPSA) is 49.8 Å². The summed E-state index contributed by atoms with van der Waals surface area (Å²) in [5.74, 6) is -3.86. The average Bonchev–Trinajstić information content (AvgIpc) is 2.91. The molecular formula is C16H20F3NO3. The fourth-order valence-corrected chi connectivity index (χ4v) is 3.04. The van der Waals surface area contributed by atoms with Crippen LogP contribution in [0.5, 0.6) is 5.75 Å². The normalized spacial score (nSPS) is 23.7. The highest BCUT2D eigenvalue weighted by molar-refractivity contribution is 5.71. The maximum absolute atomic E-state index is 13.0. The van der Waals surface area contributed by atoms with Crippen LogP contribution in [0.2, 0.25) is 0 Å². The van der Waals surface area contributed by atoms with Crippen LogP contribution in [0, 0.1) is 11.8 Å². The molecule has 1 aliphatic heterocycles. The van der Waals surface area contributed by atoms with Gasteiger partial charge in [-0.05, 0) is 23.6 Å². The molecule has 1 unspecified atom stereocenters. The fourth-order valence-electron chi connectivity index (χ4n) is 3.04. The van der Waals surface area contributed by atoms with Crippen molar-refractivity contribution in [3.05, 3.63) is 29.8 Å². The molecule has 2 rings (SSSR count). The molecule has 1 saturated heterocycles. The molecular weight excluding hydrogens is 311 g/mol. The average molecular weight is 331 g/mol. The predicted octanol–water partition coefficient (Wildman–Crippen LogP) is 2.99. The largest absolute Gasteiger partial charge is 0.497 e. The minimum Gasteiger partial charge on any atom is -0.497 e. The van der Waals surface area contributed by atoms with Crippen molar-refractivity contribution >= 4 is 5.97 Å². The summed E-state index contributed by atoms with van der Waals surface area (Å²) in [6.07, 6.45) is -4.48. The van der Waals surface area contributed by atoms with Gasteiger partial charge in [0.2, 0.25) is 0 Å². The third-order valence-electron chi connectivity index (χ3n) is 4.35. The summed E-state index contributed by atoms with van der Waals surface area (Å²) in [5.41, 5.74) is 0.980. The van der Waals surface area contributed by atoms with Crippen LogP contribution in [0.4, 0.5) is 13.2 Å². The first kappa shape index (κ1) is 17.6. The van der Waals surface area contributed by atoms with Gasteiger partial charge in [-0.3, -0.25) is 4.79 Å². The fraction of sp³-hybridized carbons (Fsp3) is 0.562. The van der Waals surface area contributed by atoms with Gasteiger partial charge in [-0.15, -0.1) is 0 Å². The number of halogens is 3. The number of hydrogen-bond donors (Lipinski definition) is 1. The van der Waals surface area contributed by atoms with Crippen molar-refractivity contribution in [3.63, 3.8) is 0 Å². The maximum atomic E-state index is 13.0. The Bertz CT molecular complexity index is 544. The van der Waals surface area contributed by atoms with Crippen molar-refractivity contribution in [2.24, 2.45) is 11.8 Å². The number of methoxy groups -OCH3 is 1. The highest BCUT2D eigenvalue weighted by atomic mass is 19.4. The molecule has 0 bridgehead atoms. The highest BCUT2D eigenvalue weighted by Crippen LogP contribution is 2.38. The molecule has 0 aliphatic carbocycles. The van der Waals surface area contributed by atoms with E-state index in [0.29, 0.717) is 12.3 Å². The van der Waals surface area contributed by atoms with Gasteiger partial charge in [-0.1, -0.05) is 19.1 Å². The lowest BCUT2D eigenvalue weighted by Gasteiger charge is -2.21. The summed E-state index contributed by atoms with van der Waals surface area (Å²) < 4.78 is 44.0. The van der Waals surface area contributed by atoms with E-state index in [0.717, 1.165) is 5.56 Å². The molecule has 1 aromatic carbocycles. The number of aliphatic carboxylic acids is 1. The Morgan fingerprint density at radius 1 is 1.35 bits per heavy atom. The molecule has 0 aromatic heterocycles. The number of hydrogen-bond acceptors (Lipinski definition) is 3. The Labute approximate surface area is 132 Å². The molecule has 0 saturated carbocycles. The van der Waals surface area contributed by atoms with Crippen molar-refractivity contribution in [2.45, 2.75) is 19.0 Å². The maximum Gasteiger partial charge on any atom is 0.393 e. The molecule has 128 valence electrons. The monoisotopic (exact) mass is 331 g/mol. The minimum atomic E-state index is -4.48. The van der Waals surface area contributed by atoms with Gasteiger partial charge in [-0.2, -0.15) is 13.2 Å². The van der Waals surface area contributed by atoms with E-state index in [1.165, 1.54) is 0 Å². The second-order valence-electron chi connectivity index (χ2n) is 5.99. The van der Waals surface area contributed by atoms with Crippen LogP contribution < -0.4 is 4.74 Å². The molecule has 1 fully saturated rings. The number of carboxylic acid groups (broad SMARTS) is 1. The smallest absolute Gasteiger partial charge is 0.393 e. The van der Waals surface area contributed by atoms with Gasteiger partial charge in [-0.25, -0.2) is 0 Å². The molecule has 0 radical (unpaired) electrons. The van der Waals surface area contributed by atoms with E-state index in [4.69, 9.17) is 9.84 Å². The van der Waals surface area contributed by atoms with Gasteiger partial charge in [0.15, 0.2) is 0 Å². The van der Waals surface area contributed by atoms with E-state index in [9.17, 15) is 18.0 Å². The number of nitrogens with zero attached hydrogens (tertiary/aromatic N) is 1. The van der Waals surface area contributed by atoms with Crippen molar-refractivity contribution in [3.8, 4) is 5.75 Å². The second-order valence-corrected chi connectivity index (χ2v) is 5.99. The Balaban J connectivity index is 2.03. The van der Waals surface area contributed by atoms with Gasteiger partial charge in [0.1, 0.15) is 5.75 Å². The molecule has 1 N–H and O–H groups in total. The van der Waals surface area contributed by atoms with Crippen LogP contribution in [-0.4, -0.2) is 48.9 Å². The summed E-state index contributed by atoms with van der Waals surface area (Å²) >= 11 is 0. The standard InChI is InChI=1S/C16H20F3NO3/c1-10(11-3-5-12(23-2)6-4-11)7-20-8-13(15(21)22)14(9-20)16(17,18)19/h3-6,10,13-14H,7-9H2,1-2H3,(H,21,22)/t10?,13-,14-/m1/s1. The molecule has 1 aliphatic rings. The number of carboxylic acids is 1. The van der Waals surface area contributed by atoms with Crippen molar-refractivity contribution in [1.29, 1.82) is 0 Å². The van der Waals surface area contributed by atoms with Gasteiger partial charge >= 0.3 is 12.1 Å². The molecule has 0 amide bonds. The molecule has 1 aromatic rings. The molecule has 23 heavy (non-hydrogen) atoms.